The molecule has 1 heterocycles. The van der Waals surface area contributed by atoms with Crippen LogP contribution in [0.4, 0.5) is 5.95 Å². The number of carbonyl (C=O) groups excluding carboxylic acids is 1. The lowest BCUT2D eigenvalue weighted by molar-refractivity contribution is 0.0981. The van der Waals surface area contributed by atoms with Crippen molar-refractivity contribution in [3.05, 3.63) is 114 Å². The van der Waals surface area contributed by atoms with Gasteiger partial charge in [-0.2, -0.15) is 0 Å². The first-order chi connectivity index (χ1) is 17.4. The number of nitrogens with zero attached hydrogens (tertiary/aromatic N) is 2. The van der Waals surface area contributed by atoms with E-state index in [0.29, 0.717) is 18.0 Å². The van der Waals surface area contributed by atoms with Crippen molar-refractivity contribution in [2.24, 2.45) is 0 Å². The predicted octanol–water partition coefficient (Wildman–Crippen LogP) is 4.91. The van der Waals surface area contributed by atoms with Gasteiger partial charge in [-0.3, -0.25) is 4.79 Å². The van der Waals surface area contributed by atoms with E-state index in [0.717, 1.165) is 22.2 Å². The molecule has 7 nitrogen and oxygen atoms in total. The first-order valence-electron chi connectivity index (χ1n) is 11.4. The molecule has 0 fully saturated rings. The largest absolute Gasteiger partial charge is 0.359 e. The molecule has 5 aromatic rings. The number of hydrogen-bond donors (Lipinski definition) is 2. The molecule has 36 heavy (non-hydrogen) atoms. The molecule has 180 valence electrons. The van der Waals surface area contributed by atoms with Crippen LogP contribution in [0.5, 0.6) is 0 Å². The number of hydrogen-bond acceptors (Lipinski definition) is 5. The molecule has 0 aliphatic carbocycles. The summed E-state index contributed by atoms with van der Waals surface area (Å²) in [7, 11) is -2.19. The van der Waals surface area contributed by atoms with Gasteiger partial charge in [-0.25, -0.2) is 18.1 Å². The van der Waals surface area contributed by atoms with Gasteiger partial charge in [0.25, 0.3) is 15.9 Å². The van der Waals surface area contributed by atoms with Crippen LogP contribution in [0.2, 0.25) is 0 Å². The van der Waals surface area contributed by atoms with Gasteiger partial charge in [0.15, 0.2) is 0 Å². The number of sulfonamides is 1. The quantitative estimate of drug-likeness (QED) is 0.334. The zero-order valence-electron chi connectivity index (χ0n) is 19.5. The lowest BCUT2D eigenvalue weighted by atomic mass is 10.0. The van der Waals surface area contributed by atoms with E-state index in [1.54, 1.807) is 43.4 Å². The van der Waals surface area contributed by atoms with Gasteiger partial charge in [-0.15, -0.1) is 0 Å². The second-order valence-corrected chi connectivity index (χ2v) is 9.97. The number of rotatable bonds is 7. The fourth-order valence-electron chi connectivity index (χ4n) is 4.07. The summed E-state index contributed by atoms with van der Waals surface area (Å²) in [6.45, 7) is 0.523. The molecule has 1 amide bonds. The zero-order chi connectivity index (χ0) is 25.1. The van der Waals surface area contributed by atoms with E-state index < -0.39 is 15.9 Å². The second kappa shape index (κ2) is 9.67. The molecular weight excluding hydrogens is 472 g/mol. The van der Waals surface area contributed by atoms with Crippen LogP contribution in [0.3, 0.4) is 0 Å². The number of imidazole rings is 1. The van der Waals surface area contributed by atoms with Crippen molar-refractivity contribution >= 4 is 32.9 Å². The third kappa shape index (κ3) is 4.71. The molecule has 0 bridgehead atoms. The topological polar surface area (TPSA) is 93.1 Å². The molecule has 2 N–H and O–H groups in total. The van der Waals surface area contributed by atoms with Gasteiger partial charge in [-0.1, -0.05) is 72.8 Å². The molecule has 5 rings (SSSR count). The number of nitrogens with one attached hydrogen (secondary N) is 2. The van der Waals surface area contributed by atoms with Crippen molar-refractivity contribution < 1.29 is 13.2 Å². The maximum atomic E-state index is 12.9. The maximum Gasteiger partial charge on any atom is 0.265 e. The average Bonchev–Trinajstić information content (AvgIpc) is 3.26. The van der Waals surface area contributed by atoms with E-state index in [2.05, 4.69) is 51.4 Å². The van der Waals surface area contributed by atoms with Gasteiger partial charge in [0, 0.05) is 12.6 Å². The molecule has 0 atom stereocenters. The Labute approximate surface area is 209 Å². The fraction of sp³-hybridized carbons (Fsp3) is 0.0714. The number of aromatic nitrogens is 2. The summed E-state index contributed by atoms with van der Waals surface area (Å²) in [5.41, 5.74) is 4.98. The monoisotopic (exact) mass is 496 g/mol. The molecular formula is C28H24N4O3S. The first-order valence-corrected chi connectivity index (χ1v) is 12.9. The van der Waals surface area contributed by atoms with Crippen LogP contribution in [0, 0.1) is 0 Å². The van der Waals surface area contributed by atoms with Gasteiger partial charge in [0.05, 0.1) is 22.5 Å². The van der Waals surface area contributed by atoms with Crippen LogP contribution in [0.1, 0.15) is 15.9 Å². The Kier molecular flexibility index (Phi) is 6.26. The van der Waals surface area contributed by atoms with Crippen molar-refractivity contribution in [2.75, 3.05) is 12.4 Å². The summed E-state index contributed by atoms with van der Waals surface area (Å²) in [6.07, 6.45) is 0. The zero-order valence-corrected chi connectivity index (χ0v) is 20.4. The first kappa shape index (κ1) is 23.3. The molecule has 0 aliphatic heterocycles. The van der Waals surface area contributed by atoms with Gasteiger partial charge in [0.2, 0.25) is 5.95 Å². The average molecular weight is 497 g/mol. The molecule has 0 radical (unpaired) electrons. The fourth-order valence-corrected chi connectivity index (χ4v) is 5.07. The predicted molar refractivity (Wildman–Crippen MR) is 141 cm³/mol. The van der Waals surface area contributed by atoms with Crippen LogP contribution in [-0.2, 0) is 16.6 Å². The standard InChI is InChI=1S/C28H24N4O3S/c1-29-28-30-25-17-16-23(27(33)31-36(34,35)24-10-6-3-7-11-24)18-26(25)32(28)19-20-12-14-22(15-13-20)21-8-4-2-5-9-21/h2-18H,19H2,1H3,(H,29,30)(H,31,33). The van der Waals surface area contributed by atoms with E-state index in [4.69, 9.17) is 0 Å². The molecule has 0 aliphatic rings. The van der Waals surface area contributed by atoms with E-state index >= 15 is 0 Å². The van der Waals surface area contributed by atoms with E-state index in [1.165, 1.54) is 12.1 Å². The van der Waals surface area contributed by atoms with Crippen LogP contribution >= 0.6 is 0 Å². The third-order valence-corrected chi connectivity index (χ3v) is 7.26. The highest BCUT2D eigenvalue weighted by Gasteiger charge is 2.20. The lowest BCUT2D eigenvalue weighted by Gasteiger charge is -2.11. The van der Waals surface area contributed by atoms with Crippen molar-refractivity contribution in [1.29, 1.82) is 0 Å². The van der Waals surface area contributed by atoms with Crippen molar-refractivity contribution in [3.63, 3.8) is 0 Å². The smallest absolute Gasteiger partial charge is 0.265 e. The molecule has 0 saturated heterocycles. The summed E-state index contributed by atoms with van der Waals surface area (Å²) in [5.74, 6) is -0.0571. The van der Waals surface area contributed by atoms with Gasteiger partial charge in [-0.05, 0) is 47.0 Å². The Hall–Kier alpha value is -4.43. The van der Waals surface area contributed by atoms with Crippen LogP contribution in [0.25, 0.3) is 22.2 Å². The summed E-state index contributed by atoms with van der Waals surface area (Å²) >= 11 is 0. The van der Waals surface area contributed by atoms with Gasteiger partial charge >= 0.3 is 0 Å². The van der Waals surface area contributed by atoms with E-state index in [-0.39, 0.29) is 10.5 Å². The van der Waals surface area contributed by atoms with E-state index in [1.807, 2.05) is 22.8 Å². The lowest BCUT2D eigenvalue weighted by Crippen LogP contribution is -2.30. The minimum atomic E-state index is -3.98. The Morgan fingerprint density at radius 1 is 0.833 bits per heavy atom. The second-order valence-electron chi connectivity index (χ2n) is 8.29. The highest BCUT2D eigenvalue weighted by molar-refractivity contribution is 7.90. The van der Waals surface area contributed by atoms with Crippen LogP contribution in [0.15, 0.2) is 108 Å². The summed E-state index contributed by atoms with van der Waals surface area (Å²) in [4.78, 5) is 17.5. The minimum absolute atomic E-state index is 0.0286. The van der Waals surface area contributed by atoms with E-state index in [9.17, 15) is 13.2 Å². The van der Waals surface area contributed by atoms with Crippen molar-refractivity contribution in [1.82, 2.24) is 14.3 Å². The molecule has 0 spiro atoms. The number of anilines is 1. The Bertz CT molecular complexity index is 1630. The summed E-state index contributed by atoms with van der Waals surface area (Å²) in [5, 5.41) is 3.11. The number of carbonyl (C=O) groups is 1. The molecule has 8 heteroatoms. The molecule has 1 aromatic heterocycles. The van der Waals surface area contributed by atoms with Crippen molar-refractivity contribution in [2.45, 2.75) is 11.4 Å². The Balaban J connectivity index is 1.44. The van der Waals surface area contributed by atoms with Gasteiger partial charge < -0.3 is 9.88 Å². The molecule has 0 unspecified atom stereocenters. The number of amides is 1. The normalized spacial score (nSPS) is 11.4. The summed E-state index contributed by atoms with van der Waals surface area (Å²) in [6, 6.07) is 31.2. The SMILES string of the molecule is CNc1nc2ccc(C(=O)NS(=O)(=O)c3ccccc3)cc2n1Cc1ccc(-c2ccccc2)cc1. The van der Waals surface area contributed by atoms with Crippen molar-refractivity contribution in [3.8, 4) is 11.1 Å². The number of benzene rings is 4. The molecule has 4 aromatic carbocycles. The van der Waals surface area contributed by atoms with Crippen LogP contribution in [-0.4, -0.2) is 30.9 Å². The van der Waals surface area contributed by atoms with Gasteiger partial charge in [0.1, 0.15) is 0 Å². The molecule has 0 saturated carbocycles. The minimum Gasteiger partial charge on any atom is -0.359 e. The number of fused-ring (bicyclic) bond motifs is 1. The Morgan fingerprint density at radius 2 is 1.47 bits per heavy atom. The maximum absolute atomic E-state index is 12.9. The Morgan fingerprint density at radius 3 is 2.14 bits per heavy atom. The summed E-state index contributed by atoms with van der Waals surface area (Å²) < 4.78 is 29.3. The highest BCUT2D eigenvalue weighted by Crippen LogP contribution is 2.24. The van der Waals surface area contributed by atoms with Crippen LogP contribution < -0.4 is 10.0 Å². The highest BCUT2D eigenvalue weighted by atomic mass is 32.2. The third-order valence-electron chi connectivity index (χ3n) is 5.92.